The molecular weight excluding hydrogens is 348 g/mol. The summed E-state index contributed by atoms with van der Waals surface area (Å²) in [5, 5.41) is 0.555. The third-order valence-electron chi connectivity index (χ3n) is 3.13. The van der Waals surface area contributed by atoms with Crippen LogP contribution in [0.5, 0.6) is 0 Å². The molecule has 0 aliphatic carbocycles. The summed E-state index contributed by atoms with van der Waals surface area (Å²) in [6.45, 7) is 3.81. The van der Waals surface area contributed by atoms with Crippen molar-refractivity contribution in [3.05, 3.63) is 28.2 Å². The molecule has 0 aromatic heterocycles. The lowest BCUT2D eigenvalue weighted by molar-refractivity contribution is 0.0762. The third kappa shape index (κ3) is 4.04. The Kier molecular flexibility index (Phi) is 6.50. The highest BCUT2D eigenvalue weighted by atomic mass is 79.9. The van der Waals surface area contributed by atoms with E-state index in [4.69, 9.17) is 5.73 Å². The second-order valence-corrected chi connectivity index (χ2v) is 6.71. The number of hydrogen-bond donors (Lipinski definition) is 1. The Bertz CT molecular complexity index is 458. The van der Waals surface area contributed by atoms with Gasteiger partial charge in [-0.15, -0.1) is 12.4 Å². The average Bonchev–Trinajstić information content (AvgIpc) is 2.38. The minimum absolute atomic E-state index is 0. The summed E-state index contributed by atoms with van der Waals surface area (Å²) in [6, 6.07) is 5.44. The van der Waals surface area contributed by atoms with E-state index in [9.17, 15) is 4.79 Å². The van der Waals surface area contributed by atoms with E-state index in [2.05, 4.69) is 22.9 Å². The van der Waals surface area contributed by atoms with Crippen molar-refractivity contribution in [3.63, 3.8) is 0 Å². The van der Waals surface area contributed by atoms with Gasteiger partial charge >= 0.3 is 0 Å². The van der Waals surface area contributed by atoms with Crippen molar-refractivity contribution in [2.45, 2.75) is 18.6 Å². The first-order chi connectivity index (χ1) is 8.61. The number of carbonyl (C=O) groups excluding carboxylic acids is 1. The minimum atomic E-state index is 0. The molecule has 3 nitrogen and oxygen atoms in total. The van der Waals surface area contributed by atoms with E-state index in [1.165, 1.54) is 0 Å². The molecule has 6 heteroatoms. The van der Waals surface area contributed by atoms with Gasteiger partial charge in [0.25, 0.3) is 5.91 Å². The smallest absolute Gasteiger partial charge is 0.256 e. The first kappa shape index (κ1) is 16.7. The molecule has 1 aromatic rings. The van der Waals surface area contributed by atoms with Gasteiger partial charge in [0.15, 0.2) is 0 Å². The van der Waals surface area contributed by atoms with E-state index in [1.807, 2.05) is 22.7 Å². The number of thioether (sulfide) groups is 1. The molecule has 1 heterocycles. The highest BCUT2D eigenvalue weighted by molar-refractivity contribution is 9.10. The summed E-state index contributed by atoms with van der Waals surface area (Å²) in [5.41, 5.74) is 7.07. The maximum atomic E-state index is 12.4. The first-order valence-corrected chi connectivity index (χ1v) is 7.92. The van der Waals surface area contributed by atoms with Crippen molar-refractivity contribution in [2.24, 2.45) is 0 Å². The number of nitrogens with two attached hydrogens (primary N) is 1. The predicted molar refractivity (Wildman–Crippen MR) is 88.2 cm³/mol. The van der Waals surface area contributed by atoms with Crippen LogP contribution in [0.2, 0.25) is 0 Å². The second kappa shape index (κ2) is 7.41. The number of hydrogen-bond acceptors (Lipinski definition) is 3. The lowest BCUT2D eigenvalue weighted by Gasteiger charge is -2.32. The predicted octanol–water partition coefficient (Wildman–Crippen LogP) is 3.42. The zero-order chi connectivity index (χ0) is 13.1. The number of rotatable bonds is 2. The fourth-order valence-electron chi connectivity index (χ4n) is 2.05. The highest BCUT2D eigenvalue weighted by Gasteiger charge is 2.24. The Morgan fingerprint density at radius 2 is 2.32 bits per heavy atom. The molecule has 0 spiro atoms. The lowest BCUT2D eigenvalue weighted by Crippen LogP contribution is -2.42. The van der Waals surface area contributed by atoms with Crippen LogP contribution in [0.15, 0.2) is 22.7 Å². The molecule has 1 fully saturated rings. The fourth-order valence-corrected chi connectivity index (χ4v) is 3.61. The molecule has 0 saturated carbocycles. The Balaban J connectivity index is 0.00000180. The van der Waals surface area contributed by atoms with Gasteiger partial charge < -0.3 is 10.6 Å². The van der Waals surface area contributed by atoms with E-state index < -0.39 is 0 Å². The number of nitrogen functional groups attached to an aromatic ring is 1. The SMILES string of the molecule is CCC1CN(C(=O)c2ccc(Br)cc2N)CCS1.Cl. The number of benzene rings is 1. The van der Waals surface area contributed by atoms with Gasteiger partial charge in [-0.25, -0.2) is 0 Å². The lowest BCUT2D eigenvalue weighted by atomic mass is 10.1. The molecule has 1 unspecified atom stereocenters. The summed E-state index contributed by atoms with van der Waals surface area (Å²) < 4.78 is 0.900. The van der Waals surface area contributed by atoms with Crippen LogP contribution in [0.3, 0.4) is 0 Å². The molecule has 19 heavy (non-hydrogen) atoms. The van der Waals surface area contributed by atoms with Crippen LogP contribution in [0.25, 0.3) is 0 Å². The van der Waals surface area contributed by atoms with Gasteiger partial charge in [-0.3, -0.25) is 4.79 Å². The Morgan fingerprint density at radius 1 is 1.58 bits per heavy atom. The zero-order valence-electron chi connectivity index (χ0n) is 10.8. The van der Waals surface area contributed by atoms with Crippen LogP contribution < -0.4 is 5.73 Å². The number of halogens is 2. The van der Waals surface area contributed by atoms with Gasteiger partial charge in [-0.2, -0.15) is 11.8 Å². The minimum Gasteiger partial charge on any atom is -0.398 e. The molecule has 1 amide bonds. The molecule has 1 saturated heterocycles. The molecule has 2 N–H and O–H groups in total. The van der Waals surface area contributed by atoms with E-state index in [0.29, 0.717) is 16.5 Å². The maximum absolute atomic E-state index is 12.4. The second-order valence-electron chi connectivity index (χ2n) is 4.38. The van der Waals surface area contributed by atoms with Crippen LogP contribution in [-0.2, 0) is 0 Å². The molecule has 106 valence electrons. The van der Waals surface area contributed by atoms with Crippen molar-refractivity contribution in [2.75, 3.05) is 24.6 Å². The quantitative estimate of drug-likeness (QED) is 0.817. The Morgan fingerprint density at radius 3 is 2.95 bits per heavy atom. The molecule has 1 aliphatic heterocycles. The van der Waals surface area contributed by atoms with Crippen LogP contribution in [-0.4, -0.2) is 34.9 Å². The van der Waals surface area contributed by atoms with Gasteiger partial charge in [-0.05, 0) is 24.6 Å². The number of carbonyl (C=O) groups is 1. The van der Waals surface area contributed by atoms with Crippen LogP contribution in [0.1, 0.15) is 23.7 Å². The van der Waals surface area contributed by atoms with Crippen LogP contribution in [0, 0.1) is 0 Å². The topological polar surface area (TPSA) is 46.3 Å². The largest absolute Gasteiger partial charge is 0.398 e. The Hall–Kier alpha value is -0.390. The van der Waals surface area contributed by atoms with Crippen molar-refractivity contribution in [1.29, 1.82) is 0 Å². The van der Waals surface area contributed by atoms with Crippen molar-refractivity contribution >= 4 is 51.7 Å². The number of amides is 1. The number of nitrogens with zero attached hydrogens (tertiary/aromatic N) is 1. The van der Waals surface area contributed by atoms with Gasteiger partial charge in [-0.1, -0.05) is 22.9 Å². The van der Waals surface area contributed by atoms with Gasteiger partial charge in [0, 0.05) is 34.3 Å². The third-order valence-corrected chi connectivity index (χ3v) is 4.99. The summed E-state index contributed by atoms with van der Waals surface area (Å²) in [6.07, 6.45) is 1.10. The first-order valence-electron chi connectivity index (χ1n) is 6.07. The summed E-state index contributed by atoms with van der Waals surface area (Å²) in [5.74, 6) is 1.07. The van der Waals surface area contributed by atoms with Crippen LogP contribution in [0.4, 0.5) is 5.69 Å². The monoisotopic (exact) mass is 364 g/mol. The fraction of sp³-hybridized carbons (Fsp3) is 0.462. The van der Waals surface area contributed by atoms with Crippen LogP contribution >= 0.6 is 40.1 Å². The van der Waals surface area contributed by atoms with Gasteiger partial charge in [0.05, 0.1) is 5.56 Å². The highest BCUT2D eigenvalue weighted by Crippen LogP contribution is 2.25. The van der Waals surface area contributed by atoms with Gasteiger partial charge in [0.2, 0.25) is 0 Å². The Labute approximate surface area is 132 Å². The van der Waals surface area contributed by atoms with E-state index in [-0.39, 0.29) is 18.3 Å². The van der Waals surface area contributed by atoms with Crippen molar-refractivity contribution in [3.8, 4) is 0 Å². The van der Waals surface area contributed by atoms with E-state index >= 15 is 0 Å². The van der Waals surface area contributed by atoms with Gasteiger partial charge in [0.1, 0.15) is 0 Å². The summed E-state index contributed by atoms with van der Waals surface area (Å²) in [4.78, 5) is 14.3. The van der Waals surface area contributed by atoms with E-state index in [0.717, 1.165) is 29.7 Å². The number of anilines is 1. The molecule has 0 bridgehead atoms. The molecular formula is C13H18BrClN2OS. The molecule has 1 atom stereocenters. The molecule has 0 radical (unpaired) electrons. The van der Waals surface area contributed by atoms with Crippen molar-refractivity contribution < 1.29 is 4.79 Å². The average molecular weight is 366 g/mol. The zero-order valence-corrected chi connectivity index (χ0v) is 14.0. The summed E-state index contributed by atoms with van der Waals surface area (Å²) >= 11 is 5.31. The molecule has 2 rings (SSSR count). The standard InChI is InChI=1S/C13H17BrN2OS.ClH/c1-2-10-8-16(5-6-18-10)13(17)11-4-3-9(14)7-12(11)15;/h3-4,7,10H,2,5-6,8,15H2,1H3;1H. The van der Waals surface area contributed by atoms with Crippen molar-refractivity contribution in [1.82, 2.24) is 4.90 Å². The molecule has 1 aromatic carbocycles. The summed E-state index contributed by atoms with van der Waals surface area (Å²) in [7, 11) is 0. The normalized spacial score (nSPS) is 18.8. The molecule has 1 aliphatic rings. The van der Waals surface area contributed by atoms with E-state index in [1.54, 1.807) is 12.1 Å². The maximum Gasteiger partial charge on any atom is 0.256 e.